The zero-order valence-electron chi connectivity index (χ0n) is 19.2. The molecule has 0 aromatic heterocycles. The van der Waals surface area contributed by atoms with Crippen LogP contribution in [0.5, 0.6) is 11.5 Å². The molecule has 0 bridgehead atoms. The van der Waals surface area contributed by atoms with Gasteiger partial charge in [0.05, 0.1) is 16.8 Å². The van der Waals surface area contributed by atoms with Crippen LogP contribution in [0.15, 0.2) is 41.4 Å². The maximum Gasteiger partial charge on any atom is 0.231 e. The van der Waals surface area contributed by atoms with Gasteiger partial charge < -0.3 is 25.4 Å². The first-order chi connectivity index (χ1) is 16.5. The fourth-order valence-corrected chi connectivity index (χ4v) is 5.23. The van der Waals surface area contributed by atoms with Crippen molar-refractivity contribution in [2.24, 2.45) is 10.7 Å². The topological polar surface area (TPSA) is 75.4 Å². The quantitative estimate of drug-likeness (QED) is 0.469. The van der Waals surface area contributed by atoms with Crippen LogP contribution in [0.4, 0.5) is 5.69 Å². The van der Waals surface area contributed by atoms with E-state index in [1.54, 1.807) is 6.07 Å². The highest BCUT2D eigenvalue weighted by Gasteiger charge is 2.26. The standard InChI is InChI=1S/C25H31Cl2N5O2/c26-18-6-7-21(19(27)14-18)29-25(30-22-4-2-1-3-20(22)28)32-11-9-31(10-12-32)15-17-5-8-23-24(13-17)34-16-33-23/h5-8,13-14,20,22H,1-4,9-12,15-16,28H2,(H,29,30)/t20-,22-/m0/s1. The van der Waals surface area contributed by atoms with Gasteiger partial charge in [0.15, 0.2) is 17.5 Å². The molecule has 0 amide bonds. The highest BCUT2D eigenvalue weighted by atomic mass is 35.5. The SMILES string of the molecule is N[C@H]1CCCC[C@@H]1N=C(Nc1ccc(Cl)cc1Cl)N1CCN(Cc2ccc3c(c2)OCO3)CC1. The summed E-state index contributed by atoms with van der Waals surface area (Å²) in [6, 6.07) is 11.9. The van der Waals surface area contributed by atoms with Gasteiger partial charge in [-0.3, -0.25) is 4.90 Å². The second-order valence-electron chi connectivity index (χ2n) is 9.17. The lowest BCUT2D eigenvalue weighted by atomic mass is 9.91. The average molecular weight is 504 g/mol. The van der Waals surface area contributed by atoms with Crippen molar-refractivity contribution in [2.75, 3.05) is 38.3 Å². The molecule has 0 unspecified atom stereocenters. The molecule has 2 heterocycles. The van der Waals surface area contributed by atoms with Crippen LogP contribution in [-0.4, -0.2) is 60.8 Å². The highest BCUT2D eigenvalue weighted by Crippen LogP contribution is 2.33. The van der Waals surface area contributed by atoms with Crippen molar-refractivity contribution in [3.8, 4) is 11.5 Å². The molecule has 1 saturated carbocycles. The molecule has 1 saturated heterocycles. The number of fused-ring (bicyclic) bond motifs is 1. The number of nitrogens with one attached hydrogen (secondary N) is 1. The summed E-state index contributed by atoms with van der Waals surface area (Å²) in [7, 11) is 0. The number of aliphatic imine (C=N–C) groups is 1. The zero-order chi connectivity index (χ0) is 23.5. The minimum Gasteiger partial charge on any atom is -0.454 e. The maximum atomic E-state index is 6.47. The molecule has 2 aliphatic heterocycles. The fraction of sp³-hybridized carbons (Fsp3) is 0.480. The highest BCUT2D eigenvalue weighted by molar-refractivity contribution is 6.36. The number of hydrogen-bond acceptors (Lipinski definition) is 5. The van der Waals surface area contributed by atoms with Gasteiger partial charge in [-0.2, -0.15) is 0 Å². The van der Waals surface area contributed by atoms with Crippen LogP contribution in [0.2, 0.25) is 10.0 Å². The molecule has 5 rings (SSSR count). The third kappa shape index (κ3) is 5.54. The Morgan fingerprint density at radius 1 is 1.00 bits per heavy atom. The smallest absolute Gasteiger partial charge is 0.231 e. The number of anilines is 1. The summed E-state index contributed by atoms with van der Waals surface area (Å²) in [6.45, 7) is 4.77. The first-order valence-corrected chi connectivity index (χ1v) is 12.7. The van der Waals surface area contributed by atoms with Crippen molar-refractivity contribution >= 4 is 34.8 Å². The van der Waals surface area contributed by atoms with E-state index in [0.717, 1.165) is 68.7 Å². The first kappa shape index (κ1) is 23.5. The van der Waals surface area contributed by atoms with Gasteiger partial charge in [0, 0.05) is 43.8 Å². The number of rotatable bonds is 4. The molecular formula is C25H31Cl2N5O2. The average Bonchev–Trinajstić information content (AvgIpc) is 3.30. The lowest BCUT2D eigenvalue weighted by Gasteiger charge is -2.37. The summed E-state index contributed by atoms with van der Waals surface area (Å²) in [5, 5.41) is 4.68. The summed E-state index contributed by atoms with van der Waals surface area (Å²) in [5.74, 6) is 2.50. The number of nitrogens with two attached hydrogens (primary N) is 1. The number of nitrogens with zero attached hydrogens (tertiary/aromatic N) is 3. The van der Waals surface area contributed by atoms with E-state index in [-0.39, 0.29) is 12.1 Å². The Kier molecular flexibility index (Phi) is 7.34. The molecule has 0 spiro atoms. The molecule has 2 aromatic carbocycles. The van der Waals surface area contributed by atoms with Gasteiger partial charge in [0.25, 0.3) is 0 Å². The van der Waals surface area contributed by atoms with Gasteiger partial charge in [0.2, 0.25) is 6.79 Å². The first-order valence-electron chi connectivity index (χ1n) is 12.0. The number of halogens is 2. The largest absolute Gasteiger partial charge is 0.454 e. The van der Waals surface area contributed by atoms with Crippen LogP contribution in [0.25, 0.3) is 0 Å². The normalized spacial score (nSPS) is 23.3. The van der Waals surface area contributed by atoms with E-state index in [4.69, 9.17) is 43.4 Å². The van der Waals surface area contributed by atoms with Crippen LogP contribution in [0, 0.1) is 0 Å². The van der Waals surface area contributed by atoms with Gasteiger partial charge in [-0.05, 0) is 48.7 Å². The van der Waals surface area contributed by atoms with Gasteiger partial charge in [-0.15, -0.1) is 0 Å². The third-order valence-corrected chi connectivity index (χ3v) is 7.31. The molecule has 3 N–H and O–H groups in total. The van der Waals surface area contributed by atoms with Crippen LogP contribution in [0.1, 0.15) is 31.2 Å². The minimum atomic E-state index is 0.0959. The Labute approximate surface area is 210 Å². The Morgan fingerprint density at radius 3 is 2.59 bits per heavy atom. The lowest BCUT2D eigenvalue weighted by molar-refractivity contribution is 0.172. The summed E-state index contributed by atoms with van der Waals surface area (Å²) in [4.78, 5) is 9.87. The molecule has 2 fully saturated rings. The van der Waals surface area contributed by atoms with Gasteiger partial charge >= 0.3 is 0 Å². The van der Waals surface area contributed by atoms with Crippen LogP contribution in [-0.2, 0) is 6.54 Å². The Morgan fingerprint density at radius 2 is 1.79 bits per heavy atom. The maximum absolute atomic E-state index is 6.47. The van der Waals surface area contributed by atoms with Crippen molar-refractivity contribution in [3.05, 3.63) is 52.0 Å². The molecule has 1 aliphatic carbocycles. The minimum absolute atomic E-state index is 0.0959. The zero-order valence-corrected chi connectivity index (χ0v) is 20.7. The Hall–Kier alpha value is -2.19. The second kappa shape index (κ2) is 10.6. The molecule has 2 aromatic rings. The van der Waals surface area contributed by atoms with E-state index in [1.807, 2.05) is 18.2 Å². The second-order valence-corrected chi connectivity index (χ2v) is 10.0. The van der Waals surface area contributed by atoms with E-state index in [0.29, 0.717) is 16.8 Å². The van der Waals surface area contributed by atoms with Crippen LogP contribution < -0.4 is 20.5 Å². The molecule has 34 heavy (non-hydrogen) atoms. The van der Waals surface area contributed by atoms with Crippen molar-refractivity contribution in [1.82, 2.24) is 9.80 Å². The predicted octanol–water partition coefficient (Wildman–Crippen LogP) is 4.58. The van der Waals surface area contributed by atoms with Crippen molar-refractivity contribution < 1.29 is 9.47 Å². The fourth-order valence-electron chi connectivity index (χ4n) is 4.78. The number of piperazine rings is 1. The van der Waals surface area contributed by atoms with E-state index in [9.17, 15) is 0 Å². The summed E-state index contributed by atoms with van der Waals surface area (Å²) >= 11 is 12.6. The monoisotopic (exact) mass is 503 g/mol. The van der Waals surface area contributed by atoms with E-state index in [1.165, 1.54) is 18.4 Å². The molecule has 3 aliphatic rings. The molecule has 9 heteroatoms. The van der Waals surface area contributed by atoms with E-state index in [2.05, 4.69) is 27.2 Å². The molecular weight excluding hydrogens is 473 g/mol. The molecule has 2 atom stereocenters. The summed E-state index contributed by atoms with van der Waals surface area (Å²) in [6.07, 6.45) is 4.38. The van der Waals surface area contributed by atoms with Crippen molar-refractivity contribution in [2.45, 2.75) is 44.3 Å². The summed E-state index contributed by atoms with van der Waals surface area (Å²) < 4.78 is 11.0. The summed E-state index contributed by atoms with van der Waals surface area (Å²) in [5.41, 5.74) is 8.45. The number of hydrogen-bond donors (Lipinski definition) is 2. The van der Waals surface area contributed by atoms with Crippen molar-refractivity contribution in [3.63, 3.8) is 0 Å². The third-order valence-electron chi connectivity index (χ3n) is 6.76. The predicted molar refractivity (Wildman–Crippen MR) is 137 cm³/mol. The van der Waals surface area contributed by atoms with Gasteiger partial charge in [-0.1, -0.05) is 42.1 Å². The molecule has 0 radical (unpaired) electrons. The van der Waals surface area contributed by atoms with E-state index >= 15 is 0 Å². The Bertz CT molecular complexity index is 1040. The van der Waals surface area contributed by atoms with Crippen LogP contribution in [0.3, 0.4) is 0 Å². The van der Waals surface area contributed by atoms with Crippen LogP contribution >= 0.6 is 23.2 Å². The van der Waals surface area contributed by atoms with Crippen molar-refractivity contribution in [1.29, 1.82) is 0 Å². The van der Waals surface area contributed by atoms with Gasteiger partial charge in [-0.25, -0.2) is 4.99 Å². The number of ether oxygens (including phenoxy) is 2. The Balaban J connectivity index is 1.27. The number of guanidine groups is 1. The lowest BCUT2D eigenvalue weighted by Crippen LogP contribution is -2.51. The molecule has 7 nitrogen and oxygen atoms in total. The number of benzene rings is 2. The molecule has 182 valence electrons. The van der Waals surface area contributed by atoms with E-state index < -0.39 is 0 Å². The van der Waals surface area contributed by atoms with Gasteiger partial charge in [0.1, 0.15) is 0 Å².